The van der Waals surface area contributed by atoms with Crippen molar-refractivity contribution >= 4 is 0 Å². The van der Waals surface area contributed by atoms with E-state index in [0.29, 0.717) is 34.7 Å². The Bertz CT molecular complexity index is 546. The molecule has 24 heavy (non-hydrogen) atoms. The lowest BCUT2D eigenvalue weighted by Crippen LogP contribution is -2.56. The Balaban J connectivity index is 1.48. The average molecular weight is 333 g/mol. The van der Waals surface area contributed by atoms with Crippen molar-refractivity contribution in [2.24, 2.45) is 51.8 Å². The Labute approximate surface area is 147 Å². The fraction of sp³-hybridized carbons (Fsp3) is 1.00. The Morgan fingerprint density at radius 3 is 2.54 bits per heavy atom. The van der Waals surface area contributed by atoms with Gasteiger partial charge in [0, 0.05) is 12.0 Å². The number of hydrogen-bond acceptors (Lipinski definition) is 2. The predicted octanol–water partition coefficient (Wildman–Crippen LogP) is 4.24. The molecule has 0 aromatic carbocycles. The summed E-state index contributed by atoms with van der Waals surface area (Å²) in [4.78, 5) is 0. The average Bonchev–Trinajstić information content (AvgIpc) is 3.09. The summed E-state index contributed by atoms with van der Waals surface area (Å²) in [5.41, 5.74) is 1.14. The molecule has 5 fully saturated rings. The van der Waals surface area contributed by atoms with Crippen LogP contribution in [-0.4, -0.2) is 22.9 Å². The van der Waals surface area contributed by atoms with Crippen LogP contribution in [-0.2, 0) is 0 Å². The van der Waals surface area contributed by atoms with Gasteiger partial charge in [0.25, 0.3) is 0 Å². The molecule has 2 N–H and O–H groups in total. The van der Waals surface area contributed by atoms with Crippen molar-refractivity contribution in [2.75, 3.05) is 6.61 Å². The molecule has 0 amide bonds. The van der Waals surface area contributed by atoms with Gasteiger partial charge < -0.3 is 10.2 Å². The van der Waals surface area contributed by atoms with Gasteiger partial charge in [-0.05, 0) is 97.7 Å². The fourth-order valence-electron chi connectivity index (χ4n) is 9.41. The maximum Gasteiger partial charge on any atom is 0.0607 e. The minimum absolute atomic E-state index is 0.0343. The first-order valence-electron chi connectivity index (χ1n) is 10.7. The van der Waals surface area contributed by atoms with Crippen LogP contribution in [0.25, 0.3) is 0 Å². The molecule has 5 aliphatic carbocycles. The summed E-state index contributed by atoms with van der Waals surface area (Å²) in [6.45, 7) is 7.69. The molecular weight excluding hydrogens is 296 g/mol. The summed E-state index contributed by atoms with van der Waals surface area (Å²) in [7, 11) is 0. The van der Waals surface area contributed by atoms with E-state index in [1.165, 1.54) is 44.9 Å². The highest BCUT2D eigenvalue weighted by Crippen LogP contribution is 2.81. The van der Waals surface area contributed by atoms with Gasteiger partial charge in [-0.15, -0.1) is 0 Å². The molecule has 1 spiro atoms. The molecule has 10 atom stereocenters. The molecule has 0 bridgehead atoms. The second-order valence-corrected chi connectivity index (χ2v) is 10.9. The third-order valence-electron chi connectivity index (χ3n) is 10.6. The van der Waals surface area contributed by atoms with Crippen molar-refractivity contribution in [3.05, 3.63) is 0 Å². The second-order valence-electron chi connectivity index (χ2n) is 10.9. The molecule has 5 aliphatic rings. The van der Waals surface area contributed by atoms with E-state index in [9.17, 15) is 10.2 Å². The molecule has 0 aromatic heterocycles. The normalized spacial score (nSPS) is 62.4. The van der Waals surface area contributed by atoms with E-state index in [0.717, 1.165) is 30.1 Å². The van der Waals surface area contributed by atoms with Gasteiger partial charge in [0.15, 0.2) is 0 Å². The number of rotatable bonds is 2. The van der Waals surface area contributed by atoms with Crippen LogP contribution in [0.4, 0.5) is 0 Å². The van der Waals surface area contributed by atoms with Crippen LogP contribution < -0.4 is 0 Å². The van der Waals surface area contributed by atoms with Crippen molar-refractivity contribution < 1.29 is 10.2 Å². The molecule has 0 heterocycles. The molecule has 5 rings (SSSR count). The highest BCUT2D eigenvalue weighted by molar-refractivity contribution is 5.25. The number of aliphatic hydroxyl groups is 2. The number of hydrogen-bond donors (Lipinski definition) is 2. The third kappa shape index (κ3) is 1.62. The lowest BCUT2D eigenvalue weighted by Gasteiger charge is -2.60. The van der Waals surface area contributed by atoms with E-state index < -0.39 is 0 Å². The van der Waals surface area contributed by atoms with Gasteiger partial charge in [-0.1, -0.05) is 20.8 Å². The molecule has 0 aliphatic heterocycles. The molecule has 5 saturated carbocycles. The topological polar surface area (TPSA) is 40.5 Å². The number of fused-ring (bicyclic) bond motifs is 4. The van der Waals surface area contributed by atoms with E-state index in [4.69, 9.17) is 0 Å². The predicted molar refractivity (Wildman–Crippen MR) is 95.3 cm³/mol. The Morgan fingerprint density at radius 1 is 1.04 bits per heavy atom. The van der Waals surface area contributed by atoms with Crippen LogP contribution in [0.3, 0.4) is 0 Å². The first-order chi connectivity index (χ1) is 11.4. The zero-order valence-electron chi connectivity index (χ0n) is 15.8. The smallest absolute Gasteiger partial charge is 0.0607 e. The molecule has 0 aromatic rings. The van der Waals surface area contributed by atoms with Gasteiger partial charge in [0.1, 0.15) is 0 Å². The summed E-state index contributed by atoms with van der Waals surface area (Å²) in [5, 5.41) is 20.9. The van der Waals surface area contributed by atoms with E-state index in [-0.39, 0.29) is 6.10 Å². The van der Waals surface area contributed by atoms with E-state index in [1.807, 2.05) is 0 Å². The largest absolute Gasteiger partial charge is 0.396 e. The Kier molecular flexibility index (Phi) is 3.22. The quantitative estimate of drug-likeness (QED) is 0.794. The van der Waals surface area contributed by atoms with Crippen molar-refractivity contribution in [3.63, 3.8) is 0 Å². The molecular formula is C22H36O2. The van der Waals surface area contributed by atoms with E-state index >= 15 is 0 Å². The zero-order valence-corrected chi connectivity index (χ0v) is 15.8. The summed E-state index contributed by atoms with van der Waals surface area (Å²) < 4.78 is 0. The Hall–Kier alpha value is -0.0800. The van der Waals surface area contributed by atoms with Gasteiger partial charge in [-0.2, -0.15) is 0 Å². The minimum atomic E-state index is -0.0343. The molecule has 2 nitrogen and oxygen atoms in total. The minimum Gasteiger partial charge on any atom is -0.396 e. The first-order valence-corrected chi connectivity index (χ1v) is 10.7. The zero-order chi connectivity index (χ0) is 16.9. The molecule has 0 saturated heterocycles. The third-order valence-corrected chi connectivity index (χ3v) is 10.6. The summed E-state index contributed by atoms with van der Waals surface area (Å²) in [6.07, 6.45) is 10.5. The maximum absolute atomic E-state index is 11.2. The lowest BCUT2D eigenvalue weighted by molar-refractivity contribution is -0.152. The molecule has 0 radical (unpaired) electrons. The summed E-state index contributed by atoms with van der Waals surface area (Å²) in [5.74, 6) is 4.35. The monoisotopic (exact) mass is 332 g/mol. The van der Waals surface area contributed by atoms with Gasteiger partial charge in [-0.25, -0.2) is 0 Å². The van der Waals surface area contributed by atoms with Crippen molar-refractivity contribution in [1.82, 2.24) is 0 Å². The van der Waals surface area contributed by atoms with Crippen LogP contribution >= 0.6 is 0 Å². The van der Waals surface area contributed by atoms with Gasteiger partial charge in [0.05, 0.1) is 6.10 Å². The van der Waals surface area contributed by atoms with E-state index in [2.05, 4.69) is 20.8 Å². The summed E-state index contributed by atoms with van der Waals surface area (Å²) in [6, 6.07) is 0. The molecule has 0 unspecified atom stereocenters. The second kappa shape index (κ2) is 4.80. The lowest BCUT2D eigenvalue weighted by atomic mass is 9.45. The van der Waals surface area contributed by atoms with Crippen molar-refractivity contribution in [1.29, 1.82) is 0 Å². The van der Waals surface area contributed by atoms with Crippen LogP contribution in [0.5, 0.6) is 0 Å². The van der Waals surface area contributed by atoms with Crippen LogP contribution in [0, 0.1) is 51.8 Å². The van der Waals surface area contributed by atoms with E-state index in [1.54, 1.807) is 0 Å². The SMILES string of the molecule is C[C@H](CO)[C@H]1CC[C@H]2[C@@H]3C[C@H](O)[C@]45C[C@H]4CC[C@]5(C)[C@H]3CC[C@]12C. The maximum atomic E-state index is 11.2. The van der Waals surface area contributed by atoms with Gasteiger partial charge >= 0.3 is 0 Å². The number of aliphatic hydroxyl groups excluding tert-OH is 2. The highest BCUT2D eigenvalue weighted by Gasteiger charge is 2.77. The standard InChI is InChI=1S/C22H36O2/c1-13(12-23)16-4-5-17-15-10-19(24)22-11-14(22)6-9-21(22,3)18(15)7-8-20(16,17)2/h13-19,23-24H,4-12H2,1-3H3/t13-,14-,15+,16-,17+,18+,19+,20-,21-,22+/m1/s1. The van der Waals surface area contributed by atoms with Crippen molar-refractivity contribution in [3.8, 4) is 0 Å². The first kappa shape index (κ1) is 16.1. The van der Waals surface area contributed by atoms with Crippen LogP contribution in [0.2, 0.25) is 0 Å². The summed E-state index contributed by atoms with van der Waals surface area (Å²) >= 11 is 0. The highest BCUT2D eigenvalue weighted by atomic mass is 16.3. The van der Waals surface area contributed by atoms with Gasteiger partial charge in [0.2, 0.25) is 0 Å². The fourth-order valence-corrected chi connectivity index (χ4v) is 9.41. The van der Waals surface area contributed by atoms with Crippen LogP contribution in [0.1, 0.15) is 72.1 Å². The van der Waals surface area contributed by atoms with Crippen molar-refractivity contribution in [2.45, 2.75) is 78.2 Å². The molecule has 136 valence electrons. The van der Waals surface area contributed by atoms with Gasteiger partial charge in [-0.3, -0.25) is 0 Å². The Morgan fingerprint density at radius 2 is 1.83 bits per heavy atom. The van der Waals surface area contributed by atoms with Crippen LogP contribution in [0.15, 0.2) is 0 Å². The molecule has 2 heteroatoms.